The van der Waals surface area contributed by atoms with Crippen molar-refractivity contribution in [2.45, 2.75) is 6.73 Å². The van der Waals surface area contributed by atoms with Crippen molar-refractivity contribution in [2.75, 3.05) is 5.32 Å². The molecule has 8 heteroatoms. The fourth-order valence-electron chi connectivity index (χ4n) is 1.98. The van der Waals surface area contributed by atoms with E-state index >= 15 is 0 Å². The van der Waals surface area contributed by atoms with E-state index in [2.05, 4.69) is 15.5 Å². The van der Waals surface area contributed by atoms with Crippen molar-refractivity contribution in [3.05, 3.63) is 59.5 Å². The highest BCUT2D eigenvalue weighted by Gasteiger charge is 2.14. The van der Waals surface area contributed by atoms with E-state index in [9.17, 15) is 4.79 Å². The van der Waals surface area contributed by atoms with Gasteiger partial charge in [-0.1, -0.05) is 23.7 Å². The molecule has 0 aliphatic heterocycles. The fourth-order valence-corrected chi connectivity index (χ4v) is 2.17. The lowest BCUT2D eigenvalue weighted by Gasteiger charge is -2.10. The topological polar surface area (TPSA) is 74.0 Å². The number of aromatic nitrogens is 4. The summed E-state index contributed by atoms with van der Waals surface area (Å²) in [4.78, 5) is 12.3. The predicted octanol–water partition coefficient (Wildman–Crippen LogP) is 2.56. The van der Waals surface area contributed by atoms with Crippen molar-refractivity contribution in [2.24, 2.45) is 7.05 Å². The Hall–Kier alpha value is -2.80. The summed E-state index contributed by atoms with van der Waals surface area (Å²) in [7, 11) is 1.78. The number of aryl methyl sites for hydroxylation is 1. The summed E-state index contributed by atoms with van der Waals surface area (Å²) in [6.45, 7) is 0.0711. The largest absolute Gasteiger partial charge is 0.470 e. The summed E-state index contributed by atoms with van der Waals surface area (Å²) < 4.78 is 8.65. The molecule has 118 valence electrons. The normalized spacial score (nSPS) is 10.5. The number of hydrogen-bond donors (Lipinski definition) is 1. The summed E-state index contributed by atoms with van der Waals surface area (Å²) >= 11 is 6.03. The molecule has 3 aromatic rings. The lowest BCUT2D eigenvalue weighted by molar-refractivity contribution is 0.100. The van der Waals surface area contributed by atoms with E-state index in [1.54, 1.807) is 42.2 Å². The molecule has 3 rings (SSSR count). The van der Waals surface area contributed by atoms with E-state index in [-0.39, 0.29) is 12.6 Å². The summed E-state index contributed by atoms with van der Waals surface area (Å²) in [6, 6.07) is 10.4. The summed E-state index contributed by atoms with van der Waals surface area (Å²) in [5.74, 6) is 0.682. The van der Waals surface area contributed by atoms with Crippen LogP contribution in [0, 0.1) is 0 Å². The number of halogens is 1. The molecule has 1 N–H and O–H groups in total. The van der Waals surface area contributed by atoms with Crippen LogP contribution in [0.25, 0.3) is 0 Å². The molecule has 23 heavy (non-hydrogen) atoms. The maximum Gasteiger partial charge on any atom is 0.275 e. The summed E-state index contributed by atoms with van der Waals surface area (Å²) in [5.41, 5.74) is 0.364. The Kier molecular flexibility index (Phi) is 4.29. The Balaban J connectivity index is 1.69. The van der Waals surface area contributed by atoms with Crippen LogP contribution >= 0.6 is 11.6 Å². The zero-order valence-corrected chi connectivity index (χ0v) is 13.1. The molecular formula is C15H14ClN5O2. The molecule has 0 radical (unpaired) electrons. The van der Waals surface area contributed by atoms with Crippen molar-refractivity contribution in [1.82, 2.24) is 19.6 Å². The maximum absolute atomic E-state index is 12.3. The van der Waals surface area contributed by atoms with Crippen LogP contribution in [0.4, 0.5) is 5.82 Å². The van der Waals surface area contributed by atoms with Gasteiger partial charge in [0, 0.05) is 25.5 Å². The molecule has 2 heterocycles. The second-order valence-corrected chi connectivity index (χ2v) is 5.16. The fraction of sp³-hybridized carbons (Fsp3) is 0.133. The molecule has 0 spiro atoms. The third-order valence-corrected chi connectivity index (χ3v) is 3.40. The van der Waals surface area contributed by atoms with E-state index in [4.69, 9.17) is 16.3 Å². The molecule has 0 atom stereocenters. The summed E-state index contributed by atoms with van der Waals surface area (Å²) in [5, 5.41) is 11.4. The van der Waals surface area contributed by atoms with E-state index in [1.807, 2.05) is 12.1 Å². The number of hydrogen-bond acceptors (Lipinski definition) is 4. The molecule has 0 saturated heterocycles. The molecule has 0 aliphatic rings. The van der Waals surface area contributed by atoms with E-state index < -0.39 is 0 Å². The van der Waals surface area contributed by atoms with Crippen LogP contribution in [-0.4, -0.2) is 25.5 Å². The molecule has 0 saturated carbocycles. The van der Waals surface area contributed by atoms with Gasteiger partial charge in [0.1, 0.15) is 11.4 Å². The Morgan fingerprint density at radius 1 is 1.30 bits per heavy atom. The molecule has 2 aromatic heterocycles. The molecule has 0 bridgehead atoms. The monoisotopic (exact) mass is 331 g/mol. The van der Waals surface area contributed by atoms with Crippen LogP contribution in [-0.2, 0) is 13.8 Å². The number of nitrogens with one attached hydrogen (secondary N) is 1. The van der Waals surface area contributed by atoms with Gasteiger partial charge in [-0.15, -0.1) is 0 Å². The van der Waals surface area contributed by atoms with Gasteiger partial charge in [0.2, 0.25) is 0 Å². The lowest BCUT2D eigenvalue weighted by Crippen LogP contribution is -2.20. The Morgan fingerprint density at radius 2 is 2.13 bits per heavy atom. The molecule has 1 amide bonds. The van der Waals surface area contributed by atoms with Crippen molar-refractivity contribution in [3.8, 4) is 5.75 Å². The molecule has 1 aromatic carbocycles. The van der Waals surface area contributed by atoms with E-state index in [1.165, 1.54) is 10.9 Å². The first-order valence-corrected chi connectivity index (χ1v) is 7.21. The van der Waals surface area contributed by atoms with Gasteiger partial charge in [0.15, 0.2) is 12.5 Å². The van der Waals surface area contributed by atoms with E-state index in [0.29, 0.717) is 22.3 Å². The van der Waals surface area contributed by atoms with Gasteiger partial charge in [0.05, 0.1) is 5.02 Å². The minimum absolute atomic E-state index is 0.0711. The Morgan fingerprint density at radius 3 is 2.87 bits per heavy atom. The second kappa shape index (κ2) is 6.53. The second-order valence-electron chi connectivity index (χ2n) is 4.75. The number of anilines is 1. The number of para-hydroxylation sites is 1. The van der Waals surface area contributed by atoms with Crippen LogP contribution in [0.2, 0.25) is 5.02 Å². The average molecular weight is 332 g/mol. The number of nitrogens with zero attached hydrogens (tertiary/aromatic N) is 4. The standard InChI is InChI=1S/C15H14ClN5O2/c1-20-9-7-14(19-20)18-15(22)12-6-8-17-21(12)10-23-13-5-3-2-4-11(13)16/h2-9H,10H2,1H3,(H,18,19,22). The third-order valence-electron chi connectivity index (χ3n) is 3.08. The lowest BCUT2D eigenvalue weighted by atomic mass is 10.3. The van der Waals surface area contributed by atoms with Crippen LogP contribution in [0.3, 0.4) is 0 Å². The molecule has 0 unspecified atom stereocenters. The summed E-state index contributed by atoms with van der Waals surface area (Å²) in [6.07, 6.45) is 3.27. The van der Waals surface area contributed by atoms with Crippen LogP contribution in [0.15, 0.2) is 48.8 Å². The van der Waals surface area contributed by atoms with Crippen molar-refractivity contribution in [1.29, 1.82) is 0 Å². The van der Waals surface area contributed by atoms with Gasteiger partial charge < -0.3 is 10.1 Å². The molecule has 7 nitrogen and oxygen atoms in total. The predicted molar refractivity (Wildman–Crippen MR) is 85.5 cm³/mol. The van der Waals surface area contributed by atoms with E-state index in [0.717, 1.165) is 0 Å². The first kappa shape index (κ1) is 15.1. The van der Waals surface area contributed by atoms with Gasteiger partial charge in [-0.2, -0.15) is 10.2 Å². The number of carbonyl (C=O) groups excluding carboxylic acids is 1. The number of ether oxygens (including phenoxy) is 1. The highest BCUT2D eigenvalue weighted by molar-refractivity contribution is 6.32. The first-order valence-electron chi connectivity index (χ1n) is 6.83. The van der Waals surface area contributed by atoms with Gasteiger partial charge in [0.25, 0.3) is 5.91 Å². The minimum atomic E-state index is -0.316. The quantitative estimate of drug-likeness (QED) is 0.779. The minimum Gasteiger partial charge on any atom is -0.470 e. The zero-order valence-electron chi connectivity index (χ0n) is 12.3. The average Bonchev–Trinajstić information content (AvgIpc) is 3.15. The van der Waals surface area contributed by atoms with Gasteiger partial charge in [-0.25, -0.2) is 4.68 Å². The van der Waals surface area contributed by atoms with Gasteiger partial charge in [-0.3, -0.25) is 9.48 Å². The third kappa shape index (κ3) is 3.51. The SMILES string of the molecule is Cn1ccc(NC(=O)c2ccnn2COc2ccccc2Cl)n1. The Labute approximate surface area is 137 Å². The van der Waals surface area contributed by atoms with Crippen LogP contribution in [0.5, 0.6) is 5.75 Å². The maximum atomic E-state index is 12.3. The number of amides is 1. The first-order chi connectivity index (χ1) is 11.1. The zero-order chi connectivity index (χ0) is 16.2. The number of carbonyl (C=O) groups is 1. The van der Waals surface area contributed by atoms with Gasteiger partial charge >= 0.3 is 0 Å². The molecule has 0 aliphatic carbocycles. The molecular weight excluding hydrogens is 318 g/mol. The smallest absolute Gasteiger partial charge is 0.275 e. The number of rotatable bonds is 5. The van der Waals surface area contributed by atoms with Crippen LogP contribution in [0.1, 0.15) is 10.5 Å². The highest BCUT2D eigenvalue weighted by Crippen LogP contribution is 2.23. The highest BCUT2D eigenvalue weighted by atomic mass is 35.5. The van der Waals surface area contributed by atoms with Gasteiger partial charge in [-0.05, 0) is 18.2 Å². The van der Waals surface area contributed by atoms with Crippen LogP contribution < -0.4 is 10.1 Å². The number of benzene rings is 1. The Bertz CT molecular complexity index is 827. The molecule has 0 fully saturated rings. The van der Waals surface area contributed by atoms with Crippen molar-refractivity contribution >= 4 is 23.3 Å². The van der Waals surface area contributed by atoms with Crippen molar-refractivity contribution in [3.63, 3.8) is 0 Å². The van der Waals surface area contributed by atoms with Crippen molar-refractivity contribution < 1.29 is 9.53 Å².